The lowest BCUT2D eigenvalue weighted by molar-refractivity contribution is -0.263. The van der Waals surface area contributed by atoms with E-state index in [9.17, 15) is 56.8 Å². The van der Waals surface area contributed by atoms with Crippen molar-refractivity contribution in [3.05, 3.63) is 119 Å². The van der Waals surface area contributed by atoms with Gasteiger partial charge in [-0.3, -0.25) is 27.4 Å². The smallest absolute Gasteiger partial charge is 0.280 e. The lowest BCUT2D eigenvalue weighted by Crippen LogP contribution is -2.40. The fourth-order valence-electron chi connectivity index (χ4n) is 3.26. The van der Waals surface area contributed by atoms with Crippen LogP contribution in [0.25, 0.3) is 0 Å². The number of hydrogen-bond donors (Lipinski definition) is 4. The first-order chi connectivity index (χ1) is 25.5. The van der Waals surface area contributed by atoms with E-state index in [2.05, 4.69) is 101 Å². The first-order valence-corrected chi connectivity index (χ1v) is 23.9. The second-order valence-corrected chi connectivity index (χ2v) is 20.2. The van der Waals surface area contributed by atoms with Gasteiger partial charge < -0.3 is 63.2 Å². The number of quaternary nitrogens is 4. The van der Waals surface area contributed by atoms with Gasteiger partial charge >= 0.3 is 0 Å². The molecule has 328 valence electrons. The van der Waals surface area contributed by atoms with E-state index in [1.807, 2.05) is 72.8 Å². The van der Waals surface area contributed by atoms with Crippen LogP contribution in [0.4, 0.5) is 22.7 Å². The molecule has 0 aliphatic carbocycles. The fraction of sp³-hybridized carbons (Fsp3) is 0.143. The highest BCUT2D eigenvalue weighted by Crippen LogP contribution is 2.74. The van der Waals surface area contributed by atoms with Crippen LogP contribution < -0.4 is 52.3 Å². The highest BCUT2D eigenvalue weighted by molar-refractivity contribution is 7.73. The molecule has 1 fully saturated rings. The monoisotopic (exact) mass is 944 g/mol. The summed E-state index contributed by atoms with van der Waals surface area (Å²) in [6.07, 6.45) is 0. The van der Waals surface area contributed by atoms with Gasteiger partial charge in [0.25, 0.3) is 46.9 Å². The van der Waals surface area contributed by atoms with Gasteiger partial charge in [0.2, 0.25) is 0 Å². The average molecular weight is 945 g/mol. The summed E-state index contributed by atoms with van der Waals surface area (Å²) in [7, 11) is -39.3. The molecule has 1 saturated heterocycles. The van der Waals surface area contributed by atoms with Gasteiger partial charge in [-0.05, 0) is 52.0 Å². The Kier molecular flexibility index (Phi) is 24.6. The molecule has 58 heavy (non-hydrogen) atoms. The molecule has 5 rings (SSSR count). The van der Waals surface area contributed by atoms with Crippen molar-refractivity contribution >= 4 is 69.7 Å². The Morgan fingerprint density at radius 3 is 0.534 bits per heavy atom. The molecule has 0 saturated carbocycles. The standard InChI is InChI=1S/4C7H9N.H6O18P6.2H2O/c4*1-6-4-2-3-5-7(6)8;1-19(2)13-20(3,4)15-22(7,8)17-24(11,12)18-23(9,10)16-21(5,6)14-19;;/h4*2-5H,8H2,1H3;(H,1,2)(H,3,4)(H,5,6)(H,7,8)(H,9,10)(H,11,12);2*1H2. The Balaban J connectivity index is 0. The number of hydrogen-bond acceptors (Lipinski definition) is 18. The molecule has 0 amide bonds. The van der Waals surface area contributed by atoms with Crippen LogP contribution in [0.2, 0.25) is 0 Å². The predicted octanol–water partition coefficient (Wildman–Crippen LogP) is -1.46. The van der Waals surface area contributed by atoms with Crippen LogP contribution >= 0.6 is 46.9 Å². The molecule has 0 radical (unpaired) electrons. The van der Waals surface area contributed by atoms with E-state index in [0.717, 1.165) is 22.7 Å². The van der Waals surface area contributed by atoms with Crippen LogP contribution in [-0.2, 0) is 64.2 Å². The number of rotatable bonds is 0. The van der Waals surface area contributed by atoms with Crippen molar-refractivity contribution in [3.8, 4) is 0 Å². The second-order valence-electron chi connectivity index (χ2n) is 10.9. The van der Waals surface area contributed by atoms with Gasteiger partial charge in [-0.1, -0.05) is 72.8 Å². The SMILES string of the molecule is Cc1ccccc1[NH3+].Cc1ccccc1[NH3+].Cc1ccccc1[NH3+].Cc1ccccc1[NH3+].O=P1([O-])OP(=O)([O-])OP(=O)([O-])OP(=O)([O-])OP(=O)([O-])OP(=O)([O-])O1.[OH3+].[OH3+]. The Morgan fingerprint density at radius 1 is 0.328 bits per heavy atom. The molecule has 4 aromatic carbocycles. The van der Waals surface area contributed by atoms with Crippen LogP contribution in [0, 0.1) is 27.7 Å². The van der Waals surface area contributed by atoms with E-state index in [1.54, 1.807) is 0 Å². The normalized spacial score (nSPS) is 28.0. The van der Waals surface area contributed by atoms with Crippen molar-refractivity contribution in [2.24, 2.45) is 0 Å². The van der Waals surface area contributed by atoms with Gasteiger partial charge in [0.05, 0.1) is 0 Å². The van der Waals surface area contributed by atoms with E-state index in [1.165, 1.54) is 22.3 Å². The van der Waals surface area contributed by atoms with Gasteiger partial charge in [-0.15, -0.1) is 0 Å². The Labute approximate surface area is 332 Å². The van der Waals surface area contributed by atoms with Crippen molar-refractivity contribution in [1.29, 1.82) is 0 Å². The zero-order chi connectivity index (χ0) is 43.2. The van der Waals surface area contributed by atoms with E-state index in [0.29, 0.717) is 0 Å². The lowest BCUT2D eigenvalue weighted by Gasteiger charge is -2.41. The topological polar surface area (TPSA) is 473 Å². The summed E-state index contributed by atoms with van der Waals surface area (Å²) in [5.74, 6) is 0. The molecule has 30 heteroatoms. The zero-order valence-corrected chi connectivity index (χ0v) is 36.6. The summed E-state index contributed by atoms with van der Waals surface area (Å²) in [4.78, 5) is 65.8. The Hall–Kier alpha value is -2.46. The third-order valence-electron chi connectivity index (χ3n) is 6.25. The lowest BCUT2D eigenvalue weighted by atomic mass is 10.2. The molecule has 4 aromatic rings. The average Bonchev–Trinajstić information content (AvgIpc) is 3.00. The summed E-state index contributed by atoms with van der Waals surface area (Å²) < 4.78 is 83.4. The number of benzene rings is 4. The van der Waals surface area contributed by atoms with Gasteiger partial charge in [0.1, 0.15) is 22.7 Å². The quantitative estimate of drug-likeness (QED) is 0.116. The maximum absolute atomic E-state index is 11.0. The molecule has 1 heterocycles. The molecule has 0 aromatic heterocycles. The molecule has 1 aliphatic heterocycles. The van der Waals surface area contributed by atoms with Gasteiger partial charge in [0.15, 0.2) is 0 Å². The van der Waals surface area contributed by atoms with Crippen molar-refractivity contribution in [1.82, 2.24) is 0 Å². The van der Waals surface area contributed by atoms with E-state index in [4.69, 9.17) is 0 Å². The molecule has 24 nitrogen and oxygen atoms in total. The van der Waals surface area contributed by atoms with Crippen molar-refractivity contribution in [2.45, 2.75) is 27.7 Å². The summed E-state index contributed by atoms with van der Waals surface area (Å²) in [5, 5.41) is 0. The third kappa shape index (κ3) is 24.6. The number of phosphoric acid groups is 6. The summed E-state index contributed by atoms with van der Waals surface area (Å²) in [5.41, 5.74) is 24.8. The van der Waals surface area contributed by atoms with Crippen LogP contribution in [-0.4, -0.2) is 0 Å². The Bertz CT molecular complexity index is 1750. The van der Waals surface area contributed by atoms with Crippen LogP contribution in [0.15, 0.2) is 97.1 Å². The van der Waals surface area contributed by atoms with Crippen molar-refractivity contribution in [2.75, 3.05) is 0 Å². The number of aryl methyl sites for hydroxylation is 4. The molecule has 0 unspecified atom stereocenters. The van der Waals surface area contributed by atoms with E-state index >= 15 is 0 Å². The highest BCUT2D eigenvalue weighted by Gasteiger charge is 2.36. The second kappa shape index (κ2) is 24.7. The van der Waals surface area contributed by atoms with E-state index < -0.39 is 46.9 Å². The highest BCUT2D eigenvalue weighted by atomic mass is 31.3. The molecule has 18 N–H and O–H groups in total. The molecule has 0 bridgehead atoms. The van der Waals surface area contributed by atoms with Gasteiger partial charge in [-0.2, -0.15) is 0 Å². The van der Waals surface area contributed by atoms with Crippen molar-refractivity contribution < 1.29 is 117 Å². The fourth-order valence-corrected chi connectivity index (χ4v) is 11.5. The van der Waals surface area contributed by atoms with Gasteiger partial charge in [-0.25, -0.2) is 25.9 Å². The molecule has 1 aliphatic rings. The molecule has 0 spiro atoms. The van der Waals surface area contributed by atoms with E-state index in [-0.39, 0.29) is 11.0 Å². The first kappa shape index (κ1) is 57.6. The maximum Gasteiger partial charge on any atom is 0.280 e. The molecule has 0 atom stereocenters. The third-order valence-corrected chi connectivity index (χ3v) is 15.8. The minimum absolute atomic E-state index is 0. The van der Waals surface area contributed by atoms with Crippen molar-refractivity contribution in [3.63, 3.8) is 0 Å². The van der Waals surface area contributed by atoms with Crippen LogP contribution in [0.1, 0.15) is 22.3 Å². The first-order valence-electron chi connectivity index (χ1n) is 15.1. The van der Waals surface area contributed by atoms with Gasteiger partial charge in [0, 0.05) is 22.3 Å². The minimum Gasteiger partial charge on any atom is -0.756 e. The minimum atomic E-state index is -6.56. The largest absolute Gasteiger partial charge is 0.756 e. The maximum atomic E-state index is 11.0. The molecular weight excluding hydrogens is 898 g/mol. The zero-order valence-electron chi connectivity index (χ0n) is 31.3. The predicted molar refractivity (Wildman–Crippen MR) is 197 cm³/mol. The van der Waals surface area contributed by atoms with Crippen LogP contribution in [0.3, 0.4) is 0 Å². The summed E-state index contributed by atoms with van der Waals surface area (Å²) in [6.45, 7) is 8.23. The Morgan fingerprint density at radius 2 is 0.448 bits per heavy atom. The summed E-state index contributed by atoms with van der Waals surface area (Å²) in [6, 6.07) is 32.3. The molecular formula is C28H46N4O20P6. The van der Waals surface area contributed by atoms with Crippen LogP contribution in [0.5, 0.6) is 0 Å². The summed E-state index contributed by atoms with van der Waals surface area (Å²) >= 11 is 0.